The van der Waals surface area contributed by atoms with Gasteiger partial charge in [0.15, 0.2) is 0 Å². The van der Waals surface area contributed by atoms with Crippen LogP contribution in [0, 0.1) is 11.8 Å². The van der Waals surface area contributed by atoms with Crippen molar-refractivity contribution in [1.29, 1.82) is 0 Å². The molecule has 5 heteroatoms. The molecule has 1 saturated carbocycles. The summed E-state index contributed by atoms with van der Waals surface area (Å²) in [6, 6.07) is 0.160. The molecule has 0 aromatic carbocycles. The number of ether oxygens (including phenoxy) is 2. The summed E-state index contributed by atoms with van der Waals surface area (Å²) < 4.78 is 10.2. The molecule has 1 aliphatic rings. The molecular weight excluding hydrogens is 232 g/mol. The van der Waals surface area contributed by atoms with Crippen molar-refractivity contribution in [2.45, 2.75) is 32.2 Å². The monoisotopic (exact) mass is 258 g/mol. The van der Waals surface area contributed by atoms with Crippen molar-refractivity contribution in [3.63, 3.8) is 0 Å². The van der Waals surface area contributed by atoms with Crippen molar-refractivity contribution in [3.05, 3.63) is 0 Å². The van der Waals surface area contributed by atoms with Crippen LogP contribution in [0.2, 0.25) is 0 Å². The summed E-state index contributed by atoms with van der Waals surface area (Å²) in [5.74, 6) is 0.453. The van der Waals surface area contributed by atoms with Gasteiger partial charge in [0.05, 0.1) is 19.8 Å². The Kier molecular flexibility index (Phi) is 7.23. The number of hydrogen-bond donors (Lipinski definition) is 2. The predicted octanol–water partition coefficient (Wildman–Crippen LogP) is 0.529. The molecule has 5 nitrogen and oxygen atoms in total. The van der Waals surface area contributed by atoms with Gasteiger partial charge in [-0.25, -0.2) is 0 Å². The van der Waals surface area contributed by atoms with E-state index >= 15 is 0 Å². The Balaban J connectivity index is 2.15. The molecule has 1 rings (SSSR count). The summed E-state index contributed by atoms with van der Waals surface area (Å²) >= 11 is 0. The van der Waals surface area contributed by atoms with Crippen LogP contribution in [0.25, 0.3) is 0 Å². The minimum atomic E-state index is 0.0627. The molecule has 106 valence electrons. The molecule has 0 radical (unpaired) electrons. The van der Waals surface area contributed by atoms with Gasteiger partial charge in [0.1, 0.15) is 0 Å². The van der Waals surface area contributed by atoms with Crippen LogP contribution in [0.1, 0.15) is 26.2 Å². The van der Waals surface area contributed by atoms with Crippen molar-refractivity contribution < 1.29 is 14.3 Å². The van der Waals surface area contributed by atoms with Gasteiger partial charge in [0.2, 0.25) is 5.91 Å². The first-order valence-electron chi connectivity index (χ1n) is 6.76. The van der Waals surface area contributed by atoms with Crippen molar-refractivity contribution in [1.82, 2.24) is 5.32 Å². The van der Waals surface area contributed by atoms with E-state index in [2.05, 4.69) is 12.2 Å². The van der Waals surface area contributed by atoms with E-state index in [-0.39, 0.29) is 23.8 Å². The molecule has 3 N–H and O–H groups in total. The van der Waals surface area contributed by atoms with Crippen molar-refractivity contribution >= 4 is 5.91 Å². The summed E-state index contributed by atoms with van der Waals surface area (Å²) in [4.78, 5) is 12.0. The second-order valence-corrected chi connectivity index (χ2v) is 4.96. The summed E-state index contributed by atoms with van der Waals surface area (Å²) in [5, 5.41) is 2.92. The van der Waals surface area contributed by atoms with Crippen LogP contribution in [-0.2, 0) is 14.3 Å². The van der Waals surface area contributed by atoms with E-state index < -0.39 is 0 Å². The molecule has 1 fully saturated rings. The largest absolute Gasteiger partial charge is 0.382 e. The Morgan fingerprint density at radius 1 is 1.33 bits per heavy atom. The number of nitrogens with one attached hydrogen (secondary N) is 1. The molecule has 0 bridgehead atoms. The maximum Gasteiger partial charge on any atom is 0.223 e. The maximum absolute atomic E-state index is 12.0. The zero-order chi connectivity index (χ0) is 13.4. The fourth-order valence-corrected chi connectivity index (χ4v) is 2.39. The van der Waals surface area contributed by atoms with Crippen LogP contribution in [0.4, 0.5) is 0 Å². The molecule has 3 unspecified atom stereocenters. The molecule has 0 aliphatic heterocycles. The van der Waals surface area contributed by atoms with E-state index in [0.717, 1.165) is 19.3 Å². The van der Waals surface area contributed by atoms with Gasteiger partial charge in [-0.3, -0.25) is 4.79 Å². The molecule has 0 aromatic heterocycles. The lowest BCUT2D eigenvalue weighted by Crippen LogP contribution is -2.44. The standard InChI is InChI=1S/C13H26N2O3/c1-10-11(4-3-5-12(10)14)13(16)15-6-7-18-9-8-17-2/h10-12H,3-9,14H2,1-2H3,(H,15,16). The third-order valence-corrected chi connectivity index (χ3v) is 3.68. The Hall–Kier alpha value is -0.650. The highest BCUT2D eigenvalue weighted by atomic mass is 16.5. The highest BCUT2D eigenvalue weighted by Crippen LogP contribution is 2.28. The summed E-state index contributed by atoms with van der Waals surface area (Å²) in [5.41, 5.74) is 6.00. The molecule has 1 amide bonds. The summed E-state index contributed by atoms with van der Waals surface area (Å²) in [7, 11) is 1.64. The highest BCUT2D eigenvalue weighted by molar-refractivity contribution is 5.79. The number of rotatable bonds is 7. The lowest BCUT2D eigenvalue weighted by Gasteiger charge is -2.32. The Morgan fingerprint density at radius 3 is 2.83 bits per heavy atom. The van der Waals surface area contributed by atoms with Gasteiger partial charge in [-0.05, 0) is 18.8 Å². The average molecular weight is 258 g/mol. The molecule has 3 atom stereocenters. The van der Waals surface area contributed by atoms with Gasteiger partial charge < -0.3 is 20.5 Å². The van der Waals surface area contributed by atoms with E-state index in [0.29, 0.717) is 26.4 Å². The van der Waals surface area contributed by atoms with E-state index in [1.807, 2.05) is 0 Å². The van der Waals surface area contributed by atoms with E-state index in [9.17, 15) is 4.79 Å². The molecule has 18 heavy (non-hydrogen) atoms. The fraction of sp³-hybridized carbons (Fsp3) is 0.923. The minimum Gasteiger partial charge on any atom is -0.382 e. The first-order valence-corrected chi connectivity index (χ1v) is 6.76. The van der Waals surface area contributed by atoms with Crippen LogP contribution in [0.15, 0.2) is 0 Å². The number of carbonyl (C=O) groups excluding carboxylic acids is 1. The number of hydrogen-bond acceptors (Lipinski definition) is 4. The molecular formula is C13H26N2O3. The Morgan fingerprint density at radius 2 is 2.11 bits per heavy atom. The van der Waals surface area contributed by atoms with Crippen LogP contribution < -0.4 is 11.1 Å². The Bertz CT molecular complexity index is 248. The van der Waals surface area contributed by atoms with Crippen LogP contribution >= 0.6 is 0 Å². The van der Waals surface area contributed by atoms with Crippen LogP contribution in [0.3, 0.4) is 0 Å². The summed E-state index contributed by atoms with van der Waals surface area (Å²) in [6.45, 7) is 4.31. The molecule has 0 saturated heterocycles. The third-order valence-electron chi connectivity index (χ3n) is 3.68. The van der Waals surface area contributed by atoms with Crippen molar-refractivity contribution in [2.24, 2.45) is 17.6 Å². The van der Waals surface area contributed by atoms with E-state index in [1.54, 1.807) is 7.11 Å². The molecule has 1 aliphatic carbocycles. The van der Waals surface area contributed by atoms with Gasteiger partial charge in [0, 0.05) is 25.6 Å². The number of nitrogens with two attached hydrogens (primary N) is 1. The number of amides is 1. The first kappa shape index (κ1) is 15.4. The maximum atomic E-state index is 12.0. The van der Waals surface area contributed by atoms with Gasteiger partial charge in [-0.1, -0.05) is 13.3 Å². The van der Waals surface area contributed by atoms with Gasteiger partial charge in [-0.2, -0.15) is 0 Å². The molecule has 0 aromatic rings. The SMILES string of the molecule is COCCOCCNC(=O)C1CCCC(N)C1C. The fourth-order valence-electron chi connectivity index (χ4n) is 2.39. The van der Waals surface area contributed by atoms with E-state index in [4.69, 9.17) is 15.2 Å². The Labute approximate surface area is 109 Å². The number of carbonyl (C=O) groups is 1. The predicted molar refractivity (Wildman–Crippen MR) is 70.2 cm³/mol. The first-order chi connectivity index (χ1) is 8.66. The van der Waals surface area contributed by atoms with Crippen molar-refractivity contribution in [2.75, 3.05) is 33.5 Å². The topological polar surface area (TPSA) is 73.6 Å². The van der Waals surface area contributed by atoms with E-state index in [1.165, 1.54) is 0 Å². The minimum absolute atomic E-state index is 0.0627. The zero-order valence-electron chi connectivity index (χ0n) is 11.5. The van der Waals surface area contributed by atoms with Gasteiger partial charge >= 0.3 is 0 Å². The lowest BCUT2D eigenvalue weighted by molar-refractivity contribution is -0.128. The second-order valence-electron chi connectivity index (χ2n) is 4.96. The third kappa shape index (κ3) is 4.92. The smallest absolute Gasteiger partial charge is 0.223 e. The average Bonchev–Trinajstić information content (AvgIpc) is 2.36. The van der Waals surface area contributed by atoms with Crippen LogP contribution in [-0.4, -0.2) is 45.4 Å². The van der Waals surface area contributed by atoms with Gasteiger partial charge in [-0.15, -0.1) is 0 Å². The zero-order valence-corrected chi connectivity index (χ0v) is 11.5. The van der Waals surface area contributed by atoms with Crippen LogP contribution in [0.5, 0.6) is 0 Å². The highest BCUT2D eigenvalue weighted by Gasteiger charge is 2.32. The van der Waals surface area contributed by atoms with Crippen molar-refractivity contribution in [3.8, 4) is 0 Å². The quantitative estimate of drug-likeness (QED) is 0.653. The number of methoxy groups -OCH3 is 1. The molecule has 0 heterocycles. The normalized spacial score (nSPS) is 28.1. The lowest BCUT2D eigenvalue weighted by atomic mass is 9.77. The molecule has 0 spiro atoms. The second kappa shape index (κ2) is 8.45. The summed E-state index contributed by atoms with van der Waals surface area (Å²) in [6.07, 6.45) is 3.03. The van der Waals surface area contributed by atoms with Gasteiger partial charge in [0.25, 0.3) is 0 Å².